The number of aromatic nitrogens is 2. The van der Waals surface area contributed by atoms with Crippen molar-refractivity contribution in [2.45, 2.75) is 11.5 Å². The van der Waals surface area contributed by atoms with Gasteiger partial charge in [-0.3, -0.25) is 9.59 Å². The molecule has 4 aliphatic heterocycles. The van der Waals surface area contributed by atoms with Gasteiger partial charge in [0.2, 0.25) is 0 Å². The molecule has 31 heavy (non-hydrogen) atoms. The number of H-pyrrole nitrogens is 1. The lowest BCUT2D eigenvalue weighted by atomic mass is 9.64. The smallest absolute Gasteiger partial charge is 0.272 e. The molecule has 2 N–H and O–H groups in total. The molecule has 7 heteroatoms. The van der Waals surface area contributed by atoms with Crippen molar-refractivity contribution >= 4 is 16.7 Å². The summed E-state index contributed by atoms with van der Waals surface area (Å²) >= 11 is 0. The number of nitrogens with one attached hydrogen (secondary N) is 2. The van der Waals surface area contributed by atoms with Gasteiger partial charge in [0, 0.05) is 62.0 Å². The number of benzene rings is 2. The molecule has 7 rings (SSSR count). The molecule has 7 nitrogen and oxygen atoms in total. The van der Waals surface area contributed by atoms with Crippen LogP contribution in [0.5, 0.6) is 0 Å². The van der Waals surface area contributed by atoms with E-state index in [9.17, 15) is 9.59 Å². The molecule has 5 heterocycles. The van der Waals surface area contributed by atoms with Crippen LogP contribution in [0.25, 0.3) is 10.8 Å². The van der Waals surface area contributed by atoms with E-state index in [1.807, 2.05) is 12.1 Å². The van der Waals surface area contributed by atoms with Crippen molar-refractivity contribution < 1.29 is 4.79 Å². The molecular weight excluding hydrogens is 390 g/mol. The van der Waals surface area contributed by atoms with E-state index in [0.29, 0.717) is 16.7 Å². The van der Waals surface area contributed by atoms with Gasteiger partial charge in [-0.05, 0) is 11.6 Å². The third kappa shape index (κ3) is 2.91. The number of carbonyl (C=O) groups excluding carboxylic acids is 1. The number of amides is 1. The molecule has 4 bridgehead atoms. The first-order valence-corrected chi connectivity index (χ1v) is 10.9. The van der Waals surface area contributed by atoms with Crippen molar-refractivity contribution in [1.82, 2.24) is 25.3 Å². The summed E-state index contributed by atoms with van der Waals surface area (Å²) in [5.41, 5.74) is 1.12. The molecule has 3 unspecified atom stereocenters. The SMILES string of the molecule is O=C(NC1C2CN3CCN(C2)CC1(c1ccccc1)C3)c1n[nH]c(=O)c2ccccc12. The van der Waals surface area contributed by atoms with Crippen LogP contribution < -0.4 is 10.9 Å². The number of fused-ring (bicyclic) bond motifs is 2. The molecule has 158 valence electrons. The first kappa shape index (κ1) is 18.7. The predicted octanol–water partition coefficient (Wildman–Crippen LogP) is 1.22. The maximum Gasteiger partial charge on any atom is 0.272 e. The zero-order valence-corrected chi connectivity index (χ0v) is 17.3. The minimum Gasteiger partial charge on any atom is -0.347 e. The number of piperidine rings is 2. The Morgan fingerprint density at radius 2 is 1.61 bits per heavy atom. The topological polar surface area (TPSA) is 81.3 Å². The minimum absolute atomic E-state index is 0.0143. The van der Waals surface area contributed by atoms with Gasteiger partial charge in [0.05, 0.1) is 5.39 Å². The maximum absolute atomic E-state index is 13.5. The number of nitrogens with zero attached hydrogens (tertiary/aromatic N) is 3. The van der Waals surface area contributed by atoms with Crippen molar-refractivity contribution in [2.75, 3.05) is 39.3 Å². The molecule has 3 aromatic rings. The van der Waals surface area contributed by atoms with Gasteiger partial charge in [-0.1, -0.05) is 48.5 Å². The van der Waals surface area contributed by atoms with E-state index < -0.39 is 0 Å². The fourth-order valence-electron chi connectivity index (χ4n) is 6.07. The van der Waals surface area contributed by atoms with Crippen LogP contribution in [0.15, 0.2) is 59.4 Å². The Bertz CT molecular complexity index is 1190. The van der Waals surface area contributed by atoms with Crippen LogP contribution in [0.4, 0.5) is 0 Å². The highest BCUT2D eigenvalue weighted by Gasteiger charge is 2.55. The van der Waals surface area contributed by atoms with Gasteiger partial charge in [-0.25, -0.2) is 5.10 Å². The van der Waals surface area contributed by atoms with Crippen LogP contribution in [0.3, 0.4) is 0 Å². The van der Waals surface area contributed by atoms with Crippen LogP contribution in [0, 0.1) is 5.92 Å². The number of hydrogen-bond donors (Lipinski definition) is 2. The quantitative estimate of drug-likeness (QED) is 0.672. The Hall–Kier alpha value is -3.03. The predicted molar refractivity (Wildman–Crippen MR) is 118 cm³/mol. The molecule has 4 saturated heterocycles. The molecule has 1 amide bonds. The van der Waals surface area contributed by atoms with Crippen LogP contribution >= 0.6 is 0 Å². The monoisotopic (exact) mass is 415 g/mol. The van der Waals surface area contributed by atoms with E-state index in [2.05, 4.69) is 49.6 Å². The molecule has 1 aromatic heterocycles. The van der Waals surface area contributed by atoms with E-state index in [1.165, 1.54) is 5.56 Å². The Labute approximate surface area is 180 Å². The molecule has 0 radical (unpaired) electrons. The van der Waals surface area contributed by atoms with Crippen LogP contribution in [-0.2, 0) is 5.41 Å². The average Bonchev–Trinajstić information content (AvgIpc) is 3.05. The highest BCUT2D eigenvalue weighted by atomic mass is 16.2. The maximum atomic E-state index is 13.5. The van der Waals surface area contributed by atoms with E-state index >= 15 is 0 Å². The number of carbonyl (C=O) groups is 1. The number of aromatic amines is 1. The summed E-state index contributed by atoms with van der Waals surface area (Å²) in [4.78, 5) is 30.8. The van der Waals surface area contributed by atoms with Gasteiger partial charge >= 0.3 is 0 Å². The molecule has 0 aliphatic carbocycles. The Kier molecular flexibility index (Phi) is 4.23. The molecule has 0 saturated carbocycles. The molecule has 4 fully saturated rings. The van der Waals surface area contributed by atoms with Crippen molar-refractivity contribution in [3.63, 3.8) is 0 Å². The summed E-state index contributed by atoms with van der Waals surface area (Å²) in [5.74, 6) is 0.132. The summed E-state index contributed by atoms with van der Waals surface area (Å²) < 4.78 is 0. The van der Waals surface area contributed by atoms with Gasteiger partial charge < -0.3 is 15.1 Å². The first-order valence-electron chi connectivity index (χ1n) is 10.9. The van der Waals surface area contributed by atoms with E-state index in [-0.39, 0.29) is 28.6 Å². The Morgan fingerprint density at radius 1 is 0.968 bits per heavy atom. The van der Waals surface area contributed by atoms with Crippen molar-refractivity contribution in [3.05, 3.63) is 76.2 Å². The molecule has 0 spiro atoms. The zero-order valence-electron chi connectivity index (χ0n) is 17.3. The largest absolute Gasteiger partial charge is 0.347 e. The third-order valence-corrected chi connectivity index (χ3v) is 7.34. The highest BCUT2D eigenvalue weighted by molar-refractivity contribution is 6.04. The highest BCUT2D eigenvalue weighted by Crippen LogP contribution is 2.43. The van der Waals surface area contributed by atoms with Gasteiger partial charge in [0.15, 0.2) is 5.69 Å². The lowest BCUT2D eigenvalue weighted by Crippen LogP contribution is -2.70. The molecule has 2 aromatic carbocycles. The third-order valence-electron chi connectivity index (χ3n) is 7.34. The molecular formula is C24H25N5O2. The van der Waals surface area contributed by atoms with Gasteiger partial charge in [-0.15, -0.1) is 0 Å². The summed E-state index contributed by atoms with van der Waals surface area (Å²) in [5, 5.41) is 11.1. The first-order chi connectivity index (χ1) is 15.1. The van der Waals surface area contributed by atoms with Crippen LogP contribution in [0.1, 0.15) is 16.1 Å². The fourth-order valence-corrected chi connectivity index (χ4v) is 6.07. The van der Waals surface area contributed by atoms with E-state index in [0.717, 1.165) is 39.3 Å². The minimum atomic E-state index is -0.278. The standard InChI is InChI=1S/C24H25N5O2/c30-22-19-9-5-4-8-18(19)20(26-27-22)23(31)25-21-16-12-28-10-11-29(13-16)15-24(21,14-28)17-6-2-1-3-7-17/h1-9,16,21H,10-15H2,(H,25,31)(H,27,30). The second-order valence-electron chi connectivity index (χ2n) is 9.15. The van der Waals surface area contributed by atoms with E-state index in [4.69, 9.17) is 0 Å². The Morgan fingerprint density at radius 3 is 2.32 bits per heavy atom. The number of hydrogen-bond acceptors (Lipinski definition) is 5. The lowest BCUT2D eigenvalue weighted by Gasteiger charge is -2.55. The molecule has 4 aliphatic rings. The van der Waals surface area contributed by atoms with Crippen molar-refractivity contribution in [2.24, 2.45) is 5.92 Å². The zero-order chi connectivity index (χ0) is 21.0. The summed E-state index contributed by atoms with van der Waals surface area (Å²) in [6, 6.07) is 17.8. The van der Waals surface area contributed by atoms with E-state index in [1.54, 1.807) is 18.2 Å². The van der Waals surface area contributed by atoms with Gasteiger partial charge in [-0.2, -0.15) is 5.10 Å². The lowest BCUT2D eigenvalue weighted by molar-refractivity contribution is 0.0179. The van der Waals surface area contributed by atoms with Crippen LogP contribution in [0.2, 0.25) is 0 Å². The summed E-state index contributed by atoms with van der Waals surface area (Å²) in [7, 11) is 0. The van der Waals surface area contributed by atoms with Crippen LogP contribution in [-0.4, -0.2) is 71.2 Å². The fraction of sp³-hybridized carbons (Fsp3) is 0.375. The normalized spacial score (nSPS) is 31.5. The Balaban J connectivity index is 1.42. The van der Waals surface area contributed by atoms with Crippen molar-refractivity contribution in [3.8, 4) is 0 Å². The molecule has 3 atom stereocenters. The van der Waals surface area contributed by atoms with Gasteiger partial charge in [0.1, 0.15) is 0 Å². The van der Waals surface area contributed by atoms with Gasteiger partial charge in [0.25, 0.3) is 11.5 Å². The van der Waals surface area contributed by atoms with Crippen molar-refractivity contribution in [1.29, 1.82) is 0 Å². The second kappa shape index (κ2) is 7.00. The summed E-state index contributed by atoms with van der Waals surface area (Å²) in [6.45, 7) is 6.03. The summed E-state index contributed by atoms with van der Waals surface area (Å²) in [6.07, 6.45) is 0. The second-order valence-corrected chi connectivity index (χ2v) is 9.15. The average molecular weight is 415 g/mol. The number of rotatable bonds is 3.